The molecule has 1 atom stereocenters. The SMILES string of the molecule is CC1(C)C(=O)CCC[C@@H]1O[Si](C)(C)CI. The van der Waals surface area contributed by atoms with Gasteiger partial charge in [0.15, 0.2) is 8.32 Å². The molecule has 0 N–H and O–H groups in total. The highest BCUT2D eigenvalue weighted by Crippen LogP contribution is 2.36. The Morgan fingerprint density at radius 3 is 2.67 bits per heavy atom. The van der Waals surface area contributed by atoms with E-state index in [0.717, 1.165) is 23.3 Å². The highest BCUT2D eigenvalue weighted by molar-refractivity contribution is 14.1. The van der Waals surface area contributed by atoms with E-state index in [2.05, 4.69) is 35.7 Å². The van der Waals surface area contributed by atoms with Gasteiger partial charge in [-0.25, -0.2) is 0 Å². The first-order valence-electron chi connectivity index (χ1n) is 5.57. The quantitative estimate of drug-likeness (QED) is 0.448. The number of hydrogen-bond donors (Lipinski definition) is 0. The summed E-state index contributed by atoms with van der Waals surface area (Å²) < 4.78 is 7.31. The smallest absolute Gasteiger partial charge is 0.196 e. The lowest BCUT2D eigenvalue weighted by Gasteiger charge is -2.40. The standard InChI is InChI=1S/C11H21IO2Si/c1-11(2)9(13)6-5-7-10(11)14-15(3,4)8-12/h10H,5-8H2,1-4H3/t10-/m0/s1. The fraction of sp³-hybridized carbons (Fsp3) is 0.909. The van der Waals surface area contributed by atoms with Crippen molar-refractivity contribution in [1.82, 2.24) is 0 Å². The van der Waals surface area contributed by atoms with Crippen molar-refractivity contribution in [2.45, 2.75) is 52.3 Å². The number of carbonyl (C=O) groups excluding carboxylic acids is 1. The molecule has 0 bridgehead atoms. The highest BCUT2D eigenvalue weighted by atomic mass is 127. The first-order valence-corrected chi connectivity index (χ1v) is 10.2. The van der Waals surface area contributed by atoms with Crippen LogP contribution in [0.1, 0.15) is 33.1 Å². The lowest BCUT2D eigenvalue weighted by Crippen LogP contribution is -2.49. The fourth-order valence-corrected chi connectivity index (χ4v) is 3.72. The molecule has 1 fully saturated rings. The van der Waals surface area contributed by atoms with E-state index >= 15 is 0 Å². The zero-order chi connectivity index (χ0) is 11.7. The second-order valence-corrected chi connectivity index (χ2v) is 11.8. The van der Waals surface area contributed by atoms with E-state index in [0.29, 0.717) is 5.78 Å². The predicted molar refractivity (Wildman–Crippen MR) is 73.9 cm³/mol. The van der Waals surface area contributed by atoms with Crippen molar-refractivity contribution in [3.8, 4) is 0 Å². The molecule has 2 nitrogen and oxygen atoms in total. The highest BCUT2D eigenvalue weighted by Gasteiger charge is 2.42. The summed E-state index contributed by atoms with van der Waals surface area (Å²) in [4.78, 5) is 11.8. The van der Waals surface area contributed by atoms with Crippen LogP contribution in [-0.2, 0) is 9.22 Å². The topological polar surface area (TPSA) is 26.3 Å². The van der Waals surface area contributed by atoms with Gasteiger partial charge in [-0.15, -0.1) is 0 Å². The molecule has 0 aliphatic heterocycles. The second kappa shape index (κ2) is 4.83. The Morgan fingerprint density at radius 1 is 1.53 bits per heavy atom. The van der Waals surface area contributed by atoms with Gasteiger partial charge in [-0.2, -0.15) is 0 Å². The number of rotatable bonds is 3. The number of ketones is 1. The molecule has 0 aromatic rings. The lowest BCUT2D eigenvalue weighted by atomic mass is 9.74. The van der Waals surface area contributed by atoms with Crippen molar-refractivity contribution < 1.29 is 9.22 Å². The number of alkyl halides is 1. The summed E-state index contributed by atoms with van der Waals surface area (Å²) in [6, 6.07) is 0. The van der Waals surface area contributed by atoms with Gasteiger partial charge in [0.05, 0.1) is 6.10 Å². The molecule has 0 heterocycles. The Labute approximate surface area is 107 Å². The summed E-state index contributed by atoms with van der Waals surface area (Å²) in [5, 5.41) is 0. The molecule has 88 valence electrons. The van der Waals surface area contributed by atoms with Crippen LogP contribution in [0.5, 0.6) is 0 Å². The van der Waals surface area contributed by atoms with Crippen LogP contribution in [0.2, 0.25) is 13.1 Å². The predicted octanol–water partition coefficient (Wildman–Crippen LogP) is 3.33. The average Bonchev–Trinajstić information content (AvgIpc) is 2.14. The van der Waals surface area contributed by atoms with E-state index in [1.165, 1.54) is 0 Å². The van der Waals surface area contributed by atoms with Crippen LogP contribution in [0.4, 0.5) is 0 Å². The van der Waals surface area contributed by atoms with Crippen LogP contribution in [0.3, 0.4) is 0 Å². The minimum Gasteiger partial charge on any atom is -0.413 e. The number of carbonyl (C=O) groups is 1. The Morgan fingerprint density at radius 2 is 2.13 bits per heavy atom. The molecule has 1 rings (SSSR count). The Kier molecular flexibility index (Phi) is 4.40. The maximum Gasteiger partial charge on any atom is 0.196 e. The van der Waals surface area contributed by atoms with E-state index in [1.54, 1.807) is 0 Å². The third-order valence-corrected chi connectivity index (χ3v) is 10.3. The summed E-state index contributed by atoms with van der Waals surface area (Å²) in [7, 11) is -1.55. The molecule has 15 heavy (non-hydrogen) atoms. The van der Waals surface area contributed by atoms with Crippen molar-refractivity contribution in [3.63, 3.8) is 0 Å². The summed E-state index contributed by atoms with van der Waals surface area (Å²) in [6.07, 6.45) is 2.93. The zero-order valence-corrected chi connectivity index (χ0v) is 13.3. The van der Waals surface area contributed by atoms with Crippen molar-refractivity contribution in [3.05, 3.63) is 0 Å². The summed E-state index contributed by atoms with van der Waals surface area (Å²) in [6.45, 7) is 8.54. The third kappa shape index (κ3) is 3.26. The molecule has 0 aromatic heterocycles. The Bertz CT molecular complexity index is 251. The Balaban J connectivity index is 2.72. The van der Waals surface area contributed by atoms with Crippen LogP contribution < -0.4 is 0 Å². The van der Waals surface area contributed by atoms with Crippen LogP contribution in [-0.4, -0.2) is 24.3 Å². The van der Waals surface area contributed by atoms with Crippen LogP contribution in [0.15, 0.2) is 0 Å². The van der Waals surface area contributed by atoms with Gasteiger partial charge in [0.25, 0.3) is 0 Å². The second-order valence-electron chi connectivity index (χ2n) is 5.54. The molecule has 1 saturated carbocycles. The summed E-state index contributed by atoms with van der Waals surface area (Å²) in [5.41, 5.74) is -0.270. The van der Waals surface area contributed by atoms with Crippen LogP contribution >= 0.6 is 22.6 Å². The molecular formula is C11H21IO2Si. The molecule has 1 aliphatic carbocycles. The van der Waals surface area contributed by atoms with Gasteiger partial charge in [-0.3, -0.25) is 4.79 Å². The van der Waals surface area contributed by atoms with Crippen molar-refractivity contribution in [1.29, 1.82) is 0 Å². The first-order chi connectivity index (χ1) is 6.79. The minimum atomic E-state index is -1.55. The number of halogens is 1. The molecule has 0 unspecified atom stereocenters. The maximum absolute atomic E-state index is 11.8. The fourth-order valence-electron chi connectivity index (χ4n) is 1.93. The van der Waals surface area contributed by atoms with Gasteiger partial charge in [-0.1, -0.05) is 36.4 Å². The summed E-state index contributed by atoms with van der Waals surface area (Å²) in [5.74, 6) is 0.372. The van der Waals surface area contributed by atoms with Crippen molar-refractivity contribution in [2.75, 3.05) is 4.05 Å². The zero-order valence-electron chi connectivity index (χ0n) is 10.1. The van der Waals surface area contributed by atoms with E-state index in [4.69, 9.17) is 4.43 Å². The Hall–Kier alpha value is 0.577. The largest absolute Gasteiger partial charge is 0.413 e. The molecule has 4 heteroatoms. The van der Waals surface area contributed by atoms with Gasteiger partial charge in [-0.05, 0) is 25.9 Å². The molecule has 0 aromatic carbocycles. The van der Waals surface area contributed by atoms with E-state index in [9.17, 15) is 4.79 Å². The maximum atomic E-state index is 11.8. The van der Waals surface area contributed by atoms with E-state index in [1.807, 2.05) is 13.8 Å². The number of hydrogen-bond acceptors (Lipinski definition) is 2. The molecule has 0 radical (unpaired) electrons. The van der Waals surface area contributed by atoms with Gasteiger partial charge >= 0.3 is 0 Å². The molecule has 1 aliphatic rings. The third-order valence-electron chi connectivity index (χ3n) is 3.18. The molecule has 0 saturated heterocycles. The normalized spacial score (nSPS) is 26.7. The van der Waals surface area contributed by atoms with Crippen molar-refractivity contribution >= 4 is 36.7 Å². The molecule has 0 spiro atoms. The van der Waals surface area contributed by atoms with Gasteiger partial charge < -0.3 is 4.43 Å². The molecular weight excluding hydrogens is 319 g/mol. The monoisotopic (exact) mass is 340 g/mol. The first kappa shape index (κ1) is 13.6. The minimum absolute atomic E-state index is 0.148. The number of Topliss-reactive ketones (excluding diaryl/α,β-unsaturated/α-hetero) is 1. The molecule has 0 amide bonds. The van der Waals surface area contributed by atoms with Gasteiger partial charge in [0, 0.05) is 15.9 Å². The summed E-state index contributed by atoms with van der Waals surface area (Å²) >= 11 is 2.40. The van der Waals surface area contributed by atoms with Crippen molar-refractivity contribution in [2.24, 2.45) is 5.41 Å². The van der Waals surface area contributed by atoms with E-state index in [-0.39, 0.29) is 11.5 Å². The lowest BCUT2D eigenvalue weighted by molar-refractivity contribution is -0.135. The van der Waals surface area contributed by atoms with Crippen LogP contribution in [0, 0.1) is 5.41 Å². The van der Waals surface area contributed by atoms with Gasteiger partial charge in [0.2, 0.25) is 0 Å². The van der Waals surface area contributed by atoms with E-state index < -0.39 is 8.32 Å². The average molecular weight is 340 g/mol. The van der Waals surface area contributed by atoms with Gasteiger partial charge in [0.1, 0.15) is 5.78 Å². The van der Waals surface area contributed by atoms with Crippen LogP contribution in [0.25, 0.3) is 0 Å².